The third-order valence-electron chi connectivity index (χ3n) is 6.79. The van der Waals surface area contributed by atoms with Crippen LogP contribution in [0.4, 0.5) is 5.69 Å². The Labute approximate surface area is 187 Å². The average Bonchev–Trinajstić information content (AvgIpc) is 2.82. The average molecular weight is 424 g/mol. The van der Waals surface area contributed by atoms with Crippen LogP contribution in [0, 0.1) is 0 Å². The van der Waals surface area contributed by atoms with E-state index in [-0.39, 0.29) is 7.92 Å². The lowest BCUT2D eigenvalue weighted by molar-refractivity contribution is 0.487. The number of hydrogen-bond acceptors (Lipinski definition) is 1. The van der Waals surface area contributed by atoms with E-state index in [0.717, 1.165) is 11.3 Å². The van der Waals surface area contributed by atoms with Crippen molar-refractivity contribution in [1.82, 2.24) is 0 Å². The van der Waals surface area contributed by atoms with Gasteiger partial charge in [-0.3, -0.25) is 0 Å². The van der Waals surface area contributed by atoms with Crippen molar-refractivity contribution in [3.05, 3.63) is 48.5 Å². The zero-order valence-electron chi connectivity index (χ0n) is 19.7. The molecule has 2 heteroatoms. The predicted octanol–water partition coefficient (Wildman–Crippen LogP) is 8.22. The SMILES string of the molecule is CC.CN(C)c1ccccc1-c1ccccc1P(C1CCCCC1)C1CCCCC1. The Morgan fingerprint density at radius 1 is 0.633 bits per heavy atom. The number of anilines is 1. The van der Waals surface area contributed by atoms with Crippen LogP contribution >= 0.6 is 7.92 Å². The van der Waals surface area contributed by atoms with E-state index in [2.05, 4.69) is 67.5 Å². The fraction of sp³-hybridized carbons (Fsp3) is 0.571. The maximum Gasteiger partial charge on any atom is 0.0440 e. The summed E-state index contributed by atoms with van der Waals surface area (Å²) in [7, 11) is 4.26. The first-order valence-corrected chi connectivity index (χ1v) is 13.9. The lowest BCUT2D eigenvalue weighted by atomic mass is 9.99. The lowest BCUT2D eigenvalue weighted by Crippen LogP contribution is -2.27. The van der Waals surface area contributed by atoms with Gasteiger partial charge >= 0.3 is 0 Å². The number of para-hydroxylation sites is 1. The highest BCUT2D eigenvalue weighted by atomic mass is 31.1. The molecular weight excluding hydrogens is 381 g/mol. The summed E-state index contributed by atoms with van der Waals surface area (Å²) in [6.45, 7) is 4.00. The first-order chi connectivity index (χ1) is 14.8. The number of benzene rings is 2. The highest BCUT2D eigenvalue weighted by Gasteiger charge is 2.33. The van der Waals surface area contributed by atoms with Crippen LogP contribution in [0.3, 0.4) is 0 Å². The molecule has 2 aliphatic rings. The van der Waals surface area contributed by atoms with E-state index >= 15 is 0 Å². The molecule has 2 saturated carbocycles. The van der Waals surface area contributed by atoms with E-state index in [1.807, 2.05) is 13.8 Å². The van der Waals surface area contributed by atoms with Crippen LogP contribution in [0.5, 0.6) is 0 Å². The van der Waals surface area contributed by atoms with Crippen molar-refractivity contribution in [2.45, 2.75) is 89.4 Å². The molecule has 0 amide bonds. The minimum Gasteiger partial charge on any atom is -0.377 e. The van der Waals surface area contributed by atoms with Crippen molar-refractivity contribution < 1.29 is 0 Å². The normalized spacial score (nSPS) is 18.0. The minimum atomic E-state index is -0.0867. The molecule has 1 nitrogen and oxygen atoms in total. The van der Waals surface area contributed by atoms with Crippen molar-refractivity contribution in [1.29, 1.82) is 0 Å². The molecule has 30 heavy (non-hydrogen) atoms. The van der Waals surface area contributed by atoms with Gasteiger partial charge in [0.15, 0.2) is 0 Å². The molecule has 0 atom stereocenters. The van der Waals surface area contributed by atoms with Gasteiger partial charge in [-0.15, -0.1) is 0 Å². The fourth-order valence-corrected chi connectivity index (χ4v) is 9.39. The van der Waals surface area contributed by atoms with E-state index in [4.69, 9.17) is 0 Å². The van der Waals surface area contributed by atoms with Crippen molar-refractivity contribution in [2.24, 2.45) is 0 Å². The maximum absolute atomic E-state index is 2.50. The Morgan fingerprint density at radius 2 is 1.10 bits per heavy atom. The highest BCUT2D eigenvalue weighted by Crippen LogP contribution is 2.56. The second kappa shape index (κ2) is 11.9. The summed E-state index contributed by atoms with van der Waals surface area (Å²) < 4.78 is 0. The van der Waals surface area contributed by atoms with E-state index in [1.165, 1.54) is 81.0 Å². The molecule has 2 aromatic carbocycles. The minimum absolute atomic E-state index is 0.0867. The Bertz CT molecular complexity index is 739. The summed E-state index contributed by atoms with van der Waals surface area (Å²) in [6.07, 6.45) is 14.6. The Morgan fingerprint density at radius 3 is 1.63 bits per heavy atom. The van der Waals surface area contributed by atoms with Gasteiger partial charge in [-0.1, -0.05) is 103 Å². The predicted molar refractivity (Wildman–Crippen MR) is 138 cm³/mol. The van der Waals surface area contributed by atoms with Gasteiger partial charge in [0.1, 0.15) is 0 Å². The Hall–Kier alpha value is -1.33. The van der Waals surface area contributed by atoms with Gasteiger partial charge in [0.25, 0.3) is 0 Å². The molecule has 0 radical (unpaired) electrons. The molecule has 0 bridgehead atoms. The van der Waals surface area contributed by atoms with Gasteiger partial charge in [0, 0.05) is 25.3 Å². The third kappa shape index (κ3) is 5.47. The smallest absolute Gasteiger partial charge is 0.0440 e. The molecule has 4 rings (SSSR count). The van der Waals surface area contributed by atoms with Crippen LogP contribution in [0.15, 0.2) is 48.5 Å². The standard InChI is InChI=1S/C26H36NP.C2H6/c1-27(2)25-19-11-9-17-23(25)24-18-10-12-20-26(24)28(21-13-5-3-6-14-21)22-15-7-4-8-16-22;1-2/h9-12,17-22H,3-8,13-16H2,1-2H3;1-2H3. The van der Waals surface area contributed by atoms with Crippen LogP contribution in [0.2, 0.25) is 0 Å². The van der Waals surface area contributed by atoms with Gasteiger partial charge in [-0.25, -0.2) is 0 Å². The molecule has 2 aliphatic carbocycles. The van der Waals surface area contributed by atoms with E-state index in [9.17, 15) is 0 Å². The monoisotopic (exact) mass is 423 g/mol. The first kappa shape index (κ1) is 23.3. The van der Waals surface area contributed by atoms with E-state index in [1.54, 1.807) is 5.30 Å². The molecule has 2 fully saturated rings. The molecule has 0 aliphatic heterocycles. The van der Waals surface area contributed by atoms with Gasteiger partial charge in [-0.2, -0.15) is 0 Å². The summed E-state index contributed by atoms with van der Waals surface area (Å²) in [5, 5.41) is 1.70. The van der Waals surface area contributed by atoms with Crippen LogP contribution < -0.4 is 10.2 Å². The van der Waals surface area contributed by atoms with Gasteiger partial charge in [-0.05, 0) is 53.9 Å². The molecule has 0 aromatic heterocycles. The second-order valence-electron chi connectivity index (χ2n) is 8.92. The molecule has 2 aromatic rings. The van der Waals surface area contributed by atoms with Gasteiger partial charge in [0.05, 0.1) is 0 Å². The lowest BCUT2D eigenvalue weighted by Gasteiger charge is -2.39. The molecular formula is C28H42NP. The van der Waals surface area contributed by atoms with Crippen molar-refractivity contribution in [3.63, 3.8) is 0 Å². The summed E-state index contributed by atoms with van der Waals surface area (Å²) >= 11 is 0. The number of hydrogen-bond donors (Lipinski definition) is 0. The largest absolute Gasteiger partial charge is 0.377 e. The second-order valence-corrected chi connectivity index (χ2v) is 11.7. The summed E-state index contributed by atoms with van der Waals surface area (Å²) in [5.41, 5.74) is 6.16. The third-order valence-corrected chi connectivity index (χ3v) is 10.3. The van der Waals surface area contributed by atoms with Crippen molar-refractivity contribution >= 4 is 18.9 Å². The zero-order chi connectivity index (χ0) is 21.3. The Kier molecular flexibility index (Phi) is 9.26. The maximum atomic E-state index is 2.50. The highest BCUT2D eigenvalue weighted by molar-refractivity contribution is 7.67. The molecule has 0 unspecified atom stereocenters. The number of rotatable bonds is 5. The van der Waals surface area contributed by atoms with Crippen LogP contribution in [-0.2, 0) is 0 Å². The molecule has 0 heterocycles. The van der Waals surface area contributed by atoms with Crippen LogP contribution in [-0.4, -0.2) is 25.4 Å². The summed E-state index contributed by atoms with van der Waals surface area (Å²) in [5.74, 6) is 0. The fourth-order valence-electron chi connectivity index (χ4n) is 5.43. The van der Waals surface area contributed by atoms with E-state index in [0.29, 0.717) is 0 Å². The molecule has 0 spiro atoms. The van der Waals surface area contributed by atoms with Crippen LogP contribution in [0.1, 0.15) is 78.1 Å². The molecule has 164 valence electrons. The van der Waals surface area contributed by atoms with Crippen molar-refractivity contribution in [2.75, 3.05) is 19.0 Å². The van der Waals surface area contributed by atoms with E-state index < -0.39 is 0 Å². The van der Waals surface area contributed by atoms with Crippen molar-refractivity contribution in [3.8, 4) is 11.1 Å². The first-order valence-electron chi connectivity index (χ1n) is 12.4. The van der Waals surface area contributed by atoms with Crippen LogP contribution in [0.25, 0.3) is 11.1 Å². The van der Waals surface area contributed by atoms with Gasteiger partial charge in [0.2, 0.25) is 0 Å². The topological polar surface area (TPSA) is 3.24 Å². The molecule has 0 N–H and O–H groups in total. The van der Waals surface area contributed by atoms with Gasteiger partial charge < -0.3 is 4.90 Å². The Balaban J connectivity index is 0.00000124. The zero-order valence-corrected chi connectivity index (χ0v) is 20.6. The molecule has 0 saturated heterocycles. The summed E-state index contributed by atoms with van der Waals surface area (Å²) in [6, 6.07) is 18.4. The summed E-state index contributed by atoms with van der Waals surface area (Å²) in [4.78, 5) is 2.27. The number of nitrogens with zero attached hydrogens (tertiary/aromatic N) is 1. The quantitative estimate of drug-likeness (QED) is 0.438.